The summed E-state index contributed by atoms with van der Waals surface area (Å²) in [5, 5.41) is 19.0. The van der Waals surface area contributed by atoms with Crippen LogP contribution in [0.4, 0.5) is 0 Å². The Morgan fingerprint density at radius 1 is 1.20 bits per heavy atom. The van der Waals surface area contributed by atoms with Crippen molar-refractivity contribution in [2.45, 2.75) is 5.88 Å². The summed E-state index contributed by atoms with van der Waals surface area (Å²) < 4.78 is 4.85. The molecule has 2 N–H and O–H groups in total. The molecule has 4 nitrogen and oxygen atoms in total. The van der Waals surface area contributed by atoms with E-state index in [2.05, 4.69) is 0 Å². The fraction of sp³-hybridized carbons (Fsp3) is 0.100. The van der Waals surface area contributed by atoms with Crippen molar-refractivity contribution < 1.29 is 14.6 Å². The van der Waals surface area contributed by atoms with Gasteiger partial charge in [-0.15, -0.1) is 11.6 Å². The van der Waals surface area contributed by atoms with Crippen LogP contribution in [-0.4, -0.2) is 10.2 Å². The summed E-state index contributed by atoms with van der Waals surface area (Å²) >= 11 is 5.65. The summed E-state index contributed by atoms with van der Waals surface area (Å²) in [4.78, 5) is 11.1. The second-order valence-electron chi connectivity index (χ2n) is 3.06. The molecular weight excluding hydrogens is 220 g/mol. The minimum atomic E-state index is -0.539. The van der Waals surface area contributed by atoms with E-state index < -0.39 is 5.63 Å². The molecule has 1 aromatic carbocycles. The first-order chi connectivity index (χ1) is 7.11. The number of hydrogen-bond acceptors (Lipinski definition) is 4. The molecule has 0 fully saturated rings. The molecule has 1 aromatic heterocycles. The van der Waals surface area contributed by atoms with Crippen molar-refractivity contribution in [3.63, 3.8) is 0 Å². The SMILES string of the molecule is O=c1cc(CCl)c2cc(O)c(O)cc2o1. The van der Waals surface area contributed by atoms with E-state index in [4.69, 9.17) is 16.0 Å². The van der Waals surface area contributed by atoms with Crippen molar-refractivity contribution in [1.82, 2.24) is 0 Å². The Bertz CT molecular complexity index is 573. The van der Waals surface area contributed by atoms with E-state index >= 15 is 0 Å². The molecule has 0 radical (unpaired) electrons. The number of halogens is 1. The van der Waals surface area contributed by atoms with Gasteiger partial charge in [0.2, 0.25) is 0 Å². The molecule has 2 rings (SSSR count). The van der Waals surface area contributed by atoms with Gasteiger partial charge in [-0.1, -0.05) is 0 Å². The van der Waals surface area contributed by atoms with Crippen LogP contribution < -0.4 is 5.63 Å². The number of benzene rings is 1. The summed E-state index contributed by atoms with van der Waals surface area (Å²) in [5.41, 5.74) is 0.218. The summed E-state index contributed by atoms with van der Waals surface area (Å²) in [7, 11) is 0. The Hall–Kier alpha value is -1.68. The second-order valence-corrected chi connectivity index (χ2v) is 3.33. The van der Waals surface area contributed by atoms with Crippen LogP contribution in [0.3, 0.4) is 0 Å². The number of phenols is 2. The zero-order chi connectivity index (χ0) is 11.0. The fourth-order valence-electron chi connectivity index (χ4n) is 1.36. The molecule has 0 bridgehead atoms. The highest BCUT2D eigenvalue weighted by Gasteiger charge is 2.08. The van der Waals surface area contributed by atoms with Gasteiger partial charge in [0.1, 0.15) is 5.58 Å². The van der Waals surface area contributed by atoms with Crippen molar-refractivity contribution in [1.29, 1.82) is 0 Å². The molecule has 5 heteroatoms. The third kappa shape index (κ3) is 1.64. The highest BCUT2D eigenvalue weighted by atomic mass is 35.5. The van der Waals surface area contributed by atoms with Crippen LogP contribution in [0.1, 0.15) is 5.56 Å². The van der Waals surface area contributed by atoms with Gasteiger partial charge in [-0.05, 0) is 11.6 Å². The number of phenolic OH excluding ortho intramolecular Hbond substituents is 2. The van der Waals surface area contributed by atoms with E-state index in [-0.39, 0.29) is 23.0 Å². The van der Waals surface area contributed by atoms with Crippen LogP contribution in [0.5, 0.6) is 11.5 Å². The van der Waals surface area contributed by atoms with Gasteiger partial charge in [0.15, 0.2) is 11.5 Å². The molecule has 1 heterocycles. The van der Waals surface area contributed by atoms with Crippen molar-refractivity contribution in [2.24, 2.45) is 0 Å². The Balaban J connectivity index is 2.90. The Kier molecular flexibility index (Phi) is 2.28. The first-order valence-electron chi connectivity index (χ1n) is 4.16. The van der Waals surface area contributed by atoms with Gasteiger partial charge in [0, 0.05) is 23.4 Å². The van der Waals surface area contributed by atoms with Crippen molar-refractivity contribution in [3.05, 3.63) is 34.2 Å². The lowest BCUT2D eigenvalue weighted by Gasteiger charge is -2.03. The van der Waals surface area contributed by atoms with E-state index in [9.17, 15) is 15.0 Å². The monoisotopic (exact) mass is 226 g/mol. The zero-order valence-electron chi connectivity index (χ0n) is 7.53. The van der Waals surface area contributed by atoms with Crippen molar-refractivity contribution in [3.8, 4) is 11.5 Å². The van der Waals surface area contributed by atoms with Gasteiger partial charge in [-0.3, -0.25) is 0 Å². The third-order valence-electron chi connectivity index (χ3n) is 2.07. The Morgan fingerprint density at radius 2 is 1.87 bits per heavy atom. The topological polar surface area (TPSA) is 70.7 Å². The maximum Gasteiger partial charge on any atom is 0.336 e. The predicted octanol–water partition coefficient (Wildman–Crippen LogP) is 1.94. The maximum absolute atomic E-state index is 11.1. The van der Waals surface area contributed by atoms with E-state index in [0.29, 0.717) is 10.9 Å². The number of alkyl halides is 1. The first-order valence-corrected chi connectivity index (χ1v) is 4.70. The Labute approximate surface area is 89.3 Å². The molecule has 78 valence electrons. The molecule has 2 aromatic rings. The molecule has 0 unspecified atom stereocenters. The van der Waals surface area contributed by atoms with Crippen LogP contribution in [0, 0.1) is 0 Å². The van der Waals surface area contributed by atoms with Gasteiger partial charge < -0.3 is 14.6 Å². The molecule has 0 aliphatic rings. The first kappa shape index (κ1) is 9.86. The van der Waals surface area contributed by atoms with E-state index in [0.717, 1.165) is 0 Å². The van der Waals surface area contributed by atoms with Gasteiger partial charge in [0.25, 0.3) is 0 Å². The van der Waals surface area contributed by atoms with Crippen LogP contribution in [0.15, 0.2) is 27.4 Å². The molecule has 0 aliphatic carbocycles. The van der Waals surface area contributed by atoms with Crippen LogP contribution >= 0.6 is 11.6 Å². The number of fused-ring (bicyclic) bond motifs is 1. The van der Waals surface area contributed by atoms with Gasteiger partial charge >= 0.3 is 5.63 Å². The molecule has 0 amide bonds. The average Bonchev–Trinajstić information content (AvgIpc) is 2.19. The van der Waals surface area contributed by atoms with E-state index in [1.54, 1.807) is 0 Å². The van der Waals surface area contributed by atoms with Crippen LogP contribution in [-0.2, 0) is 5.88 Å². The minimum absolute atomic E-state index is 0.131. The number of rotatable bonds is 1. The summed E-state index contributed by atoms with van der Waals surface area (Å²) in [6.07, 6.45) is 0. The summed E-state index contributed by atoms with van der Waals surface area (Å²) in [6.45, 7) is 0. The van der Waals surface area contributed by atoms with Crippen molar-refractivity contribution >= 4 is 22.6 Å². The molecule has 0 spiro atoms. The van der Waals surface area contributed by atoms with Crippen LogP contribution in [0.25, 0.3) is 11.0 Å². The fourth-order valence-corrected chi connectivity index (χ4v) is 1.58. The largest absolute Gasteiger partial charge is 0.504 e. The lowest BCUT2D eigenvalue weighted by atomic mass is 10.1. The third-order valence-corrected chi connectivity index (χ3v) is 2.36. The van der Waals surface area contributed by atoms with Gasteiger partial charge in [0.05, 0.1) is 0 Å². The smallest absolute Gasteiger partial charge is 0.336 e. The quantitative estimate of drug-likeness (QED) is 0.443. The average molecular weight is 227 g/mol. The van der Waals surface area contributed by atoms with Gasteiger partial charge in [-0.25, -0.2) is 4.79 Å². The maximum atomic E-state index is 11.1. The predicted molar refractivity (Wildman–Crippen MR) is 55.4 cm³/mol. The molecule has 0 saturated carbocycles. The van der Waals surface area contributed by atoms with Crippen LogP contribution in [0.2, 0.25) is 0 Å². The highest BCUT2D eigenvalue weighted by molar-refractivity contribution is 6.18. The lowest BCUT2D eigenvalue weighted by Crippen LogP contribution is -1.99. The number of hydrogen-bond donors (Lipinski definition) is 2. The molecule has 0 saturated heterocycles. The summed E-state index contributed by atoms with van der Waals surface area (Å²) in [5.74, 6) is -0.480. The zero-order valence-corrected chi connectivity index (χ0v) is 8.28. The minimum Gasteiger partial charge on any atom is -0.504 e. The molecule has 0 atom stereocenters. The Morgan fingerprint density at radius 3 is 2.53 bits per heavy atom. The normalized spacial score (nSPS) is 10.7. The number of aromatic hydroxyl groups is 2. The van der Waals surface area contributed by atoms with E-state index in [1.807, 2.05) is 0 Å². The molecule has 15 heavy (non-hydrogen) atoms. The summed E-state index contributed by atoms with van der Waals surface area (Å²) in [6, 6.07) is 3.75. The highest BCUT2D eigenvalue weighted by Crippen LogP contribution is 2.31. The van der Waals surface area contributed by atoms with Gasteiger partial charge in [-0.2, -0.15) is 0 Å². The molecular formula is C10H7ClO4. The molecule has 0 aliphatic heterocycles. The lowest BCUT2D eigenvalue weighted by molar-refractivity contribution is 0.403. The van der Waals surface area contributed by atoms with Crippen molar-refractivity contribution in [2.75, 3.05) is 0 Å². The standard InChI is InChI=1S/C10H7ClO4/c11-4-5-1-10(14)15-9-3-8(13)7(12)2-6(5)9/h1-3,12-13H,4H2. The second kappa shape index (κ2) is 3.47. The van der Waals surface area contributed by atoms with E-state index in [1.165, 1.54) is 18.2 Å².